The number of aliphatic hydroxyl groups excluding tert-OH is 1. The Morgan fingerprint density at radius 1 is 1.40 bits per heavy atom. The molecule has 1 aromatic rings. The maximum Gasteiger partial charge on any atom is 0.241 e. The van der Waals surface area contributed by atoms with Gasteiger partial charge in [0.05, 0.1) is 22.7 Å². The maximum atomic E-state index is 13.5. The fourth-order valence-corrected chi connectivity index (χ4v) is 4.18. The summed E-state index contributed by atoms with van der Waals surface area (Å²) in [5.41, 5.74) is 4.64. The number of halogens is 1. The number of anilines is 1. The number of nitrogen functional groups attached to an aromatic ring is 1. The average molecular weight is 302 g/mol. The fraction of sp³-hybridized carbons (Fsp3) is 0.538. The summed E-state index contributed by atoms with van der Waals surface area (Å²) in [6.07, 6.45) is 2.93. The van der Waals surface area contributed by atoms with Crippen LogP contribution in [0, 0.1) is 12.7 Å². The normalized spacial score (nSPS) is 18.4. The molecule has 1 aromatic carbocycles. The first-order chi connectivity index (χ1) is 9.30. The van der Waals surface area contributed by atoms with Crippen LogP contribution in [0.1, 0.15) is 31.2 Å². The van der Waals surface area contributed by atoms with Crippen molar-refractivity contribution in [2.24, 2.45) is 0 Å². The molecule has 1 fully saturated rings. The van der Waals surface area contributed by atoms with E-state index in [-0.39, 0.29) is 22.8 Å². The molecule has 0 heterocycles. The zero-order chi connectivity index (χ0) is 15.0. The van der Waals surface area contributed by atoms with E-state index in [4.69, 9.17) is 5.73 Å². The van der Waals surface area contributed by atoms with Crippen LogP contribution in [0.2, 0.25) is 0 Å². The zero-order valence-electron chi connectivity index (χ0n) is 11.3. The average Bonchev–Trinajstić information content (AvgIpc) is 2.83. The molecule has 1 aliphatic carbocycles. The quantitative estimate of drug-likeness (QED) is 0.731. The van der Waals surface area contributed by atoms with E-state index >= 15 is 0 Å². The third-order valence-corrected chi connectivity index (χ3v) is 5.34. The first-order valence-corrected chi connectivity index (χ1v) is 7.98. The lowest BCUT2D eigenvalue weighted by molar-refractivity contribution is 0.185. The Morgan fingerprint density at radius 3 is 2.50 bits per heavy atom. The molecule has 1 aliphatic rings. The summed E-state index contributed by atoms with van der Waals surface area (Å²) in [4.78, 5) is -0.0753. The Kier molecular flexibility index (Phi) is 4.04. The summed E-state index contributed by atoms with van der Waals surface area (Å²) in [6, 6.07) is 2.35. The van der Waals surface area contributed by atoms with Crippen LogP contribution in [-0.2, 0) is 10.0 Å². The van der Waals surface area contributed by atoms with E-state index in [9.17, 15) is 17.9 Å². The minimum absolute atomic E-state index is 0.0753. The van der Waals surface area contributed by atoms with Crippen LogP contribution in [0.3, 0.4) is 0 Å². The largest absolute Gasteiger partial charge is 0.396 e. The number of hydrogen-bond donors (Lipinski definition) is 3. The molecule has 5 nitrogen and oxygen atoms in total. The van der Waals surface area contributed by atoms with Gasteiger partial charge in [0.1, 0.15) is 5.82 Å². The van der Waals surface area contributed by atoms with E-state index in [0.29, 0.717) is 12.8 Å². The van der Waals surface area contributed by atoms with Crippen LogP contribution in [0.5, 0.6) is 0 Å². The molecule has 20 heavy (non-hydrogen) atoms. The van der Waals surface area contributed by atoms with Crippen molar-refractivity contribution in [2.45, 2.75) is 43.0 Å². The summed E-state index contributed by atoms with van der Waals surface area (Å²) in [5, 5.41) is 9.47. The summed E-state index contributed by atoms with van der Waals surface area (Å²) in [6.45, 7) is 1.21. The van der Waals surface area contributed by atoms with Crippen LogP contribution in [-0.4, -0.2) is 25.7 Å². The number of hydrogen-bond acceptors (Lipinski definition) is 4. The molecule has 0 aliphatic heterocycles. The summed E-state index contributed by atoms with van der Waals surface area (Å²) in [5.74, 6) is -0.610. The van der Waals surface area contributed by atoms with E-state index in [1.165, 1.54) is 13.0 Å². The minimum Gasteiger partial charge on any atom is -0.396 e. The van der Waals surface area contributed by atoms with E-state index < -0.39 is 21.4 Å². The molecular formula is C13H19FN2O3S. The van der Waals surface area contributed by atoms with E-state index in [2.05, 4.69) is 4.72 Å². The van der Waals surface area contributed by atoms with Crippen molar-refractivity contribution < 1.29 is 17.9 Å². The van der Waals surface area contributed by atoms with Crippen LogP contribution < -0.4 is 10.5 Å². The standard InChI is InChI=1S/C13H19FN2O3S/c1-9-6-10(7-11(15)12(9)14)20(18,19)16-13(8-17)4-2-3-5-13/h6-7,16-17H,2-5,8,15H2,1H3. The molecule has 0 spiro atoms. The molecular weight excluding hydrogens is 283 g/mol. The predicted octanol–water partition coefficient (Wildman–Crippen LogP) is 1.30. The molecule has 0 bridgehead atoms. The summed E-state index contributed by atoms with van der Waals surface area (Å²) in [7, 11) is -3.83. The molecule has 1 saturated carbocycles. The van der Waals surface area contributed by atoms with Gasteiger partial charge >= 0.3 is 0 Å². The lowest BCUT2D eigenvalue weighted by atomic mass is 10.0. The molecule has 4 N–H and O–H groups in total. The Balaban J connectivity index is 2.36. The zero-order valence-corrected chi connectivity index (χ0v) is 12.1. The highest BCUT2D eigenvalue weighted by Crippen LogP contribution is 2.31. The van der Waals surface area contributed by atoms with Gasteiger partial charge in [-0.3, -0.25) is 0 Å². The first-order valence-electron chi connectivity index (χ1n) is 6.50. The van der Waals surface area contributed by atoms with Crippen molar-refractivity contribution in [3.05, 3.63) is 23.5 Å². The SMILES string of the molecule is Cc1cc(S(=O)(=O)NC2(CO)CCCC2)cc(N)c1F. The molecule has 0 saturated heterocycles. The van der Waals surface area contributed by atoms with E-state index in [1.807, 2.05) is 0 Å². The number of nitrogens with two attached hydrogens (primary N) is 1. The second-order valence-electron chi connectivity index (χ2n) is 5.39. The molecule has 0 radical (unpaired) electrons. The fourth-order valence-electron chi connectivity index (χ4n) is 2.61. The van der Waals surface area contributed by atoms with Crippen LogP contribution in [0.15, 0.2) is 17.0 Å². The van der Waals surface area contributed by atoms with Crippen molar-refractivity contribution in [1.82, 2.24) is 4.72 Å². The van der Waals surface area contributed by atoms with Crippen molar-refractivity contribution in [2.75, 3.05) is 12.3 Å². The third kappa shape index (κ3) is 2.79. The lowest BCUT2D eigenvalue weighted by Gasteiger charge is -2.27. The minimum atomic E-state index is -3.83. The highest BCUT2D eigenvalue weighted by Gasteiger charge is 2.37. The van der Waals surface area contributed by atoms with Gasteiger partial charge in [0, 0.05) is 0 Å². The molecule has 112 valence electrons. The molecule has 0 unspecified atom stereocenters. The topological polar surface area (TPSA) is 92.4 Å². The van der Waals surface area contributed by atoms with Gasteiger partial charge in [-0.25, -0.2) is 17.5 Å². The van der Waals surface area contributed by atoms with Gasteiger partial charge in [0.25, 0.3) is 0 Å². The van der Waals surface area contributed by atoms with Crippen molar-refractivity contribution in [3.63, 3.8) is 0 Å². The highest BCUT2D eigenvalue weighted by atomic mass is 32.2. The maximum absolute atomic E-state index is 13.5. The van der Waals surface area contributed by atoms with Gasteiger partial charge in [-0.2, -0.15) is 0 Å². The van der Waals surface area contributed by atoms with Crippen LogP contribution in [0.25, 0.3) is 0 Å². The molecule has 0 atom stereocenters. The van der Waals surface area contributed by atoms with Crippen LogP contribution in [0.4, 0.5) is 10.1 Å². The Labute approximate surface area is 118 Å². The number of rotatable bonds is 4. The Morgan fingerprint density at radius 2 is 2.00 bits per heavy atom. The highest BCUT2D eigenvalue weighted by molar-refractivity contribution is 7.89. The van der Waals surface area contributed by atoms with Crippen molar-refractivity contribution in [3.8, 4) is 0 Å². The first kappa shape index (κ1) is 15.2. The van der Waals surface area contributed by atoms with Gasteiger partial charge in [0.15, 0.2) is 0 Å². The molecule has 0 aromatic heterocycles. The lowest BCUT2D eigenvalue weighted by Crippen LogP contribution is -2.49. The summed E-state index contributed by atoms with van der Waals surface area (Å²) >= 11 is 0. The van der Waals surface area contributed by atoms with Crippen molar-refractivity contribution >= 4 is 15.7 Å². The molecule has 2 rings (SSSR count). The number of nitrogens with one attached hydrogen (secondary N) is 1. The predicted molar refractivity (Wildman–Crippen MR) is 74.2 cm³/mol. The van der Waals surface area contributed by atoms with Gasteiger partial charge < -0.3 is 10.8 Å². The Bertz CT molecular complexity index is 587. The third-order valence-electron chi connectivity index (χ3n) is 3.78. The molecule has 7 heteroatoms. The Hall–Kier alpha value is -1.18. The summed E-state index contributed by atoms with van der Waals surface area (Å²) < 4.78 is 40.8. The van der Waals surface area contributed by atoms with Crippen LogP contribution >= 0.6 is 0 Å². The second kappa shape index (κ2) is 5.31. The van der Waals surface area contributed by atoms with Gasteiger partial charge in [0.2, 0.25) is 10.0 Å². The monoisotopic (exact) mass is 302 g/mol. The van der Waals surface area contributed by atoms with E-state index in [0.717, 1.165) is 18.9 Å². The van der Waals surface area contributed by atoms with Crippen molar-refractivity contribution in [1.29, 1.82) is 0 Å². The number of benzene rings is 1. The smallest absolute Gasteiger partial charge is 0.241 e. The van der Waals surface area contributed by atoms with Gasteiger partial charge in [-0.15, -0.1) is 0 Å². The number of aryl methyl sites for hydroxylation is 1. The van der Waals surface area contributed by atoms with E-state index in [1.54, 1.807) is 0 Å². The van der Waals surface area contributed by atoms with Gasteiger partial charge in [-0.1, -0.05) is 12.8 Å². The van der Waals surface area contributed by atoms with Gasteiger partial charge in [-0.05, 0) is 37.5 Å². The molecule has 0 amide bonds. The second-order valence-corrected chi connectivity index (χ2v) is 7.08. The number of aliphatic hydroxyl groups is 1. The number of sulfonamides is 1.